The summed E-state index contributed by atoms with van der Waals surface area (Å²) < 4.78 is 0. The van der Waals surface area contributed by atoms with Gasteiger partial charge in [0.15, 0.2) is 0 Å². The van der Waals surface area contributed by atoms with Crippen molar-refractivity contribution in [2.45, 2.75) is 27.7 Å². The highest BCUT2D eigenvalue weighted by molar-refractivity contribution is 6.96. The lowest BCUT2D eigenvalue weighted by Gasteiger charge is -2.25. The third-order valence-electron chi connectivity index (χ3n) is 4.81. The Morgan fingerprint density at radius 2 is 1.14 bits per heavy atom. The van der Waals surface area contributed by atoms with Gasteiger partial charge in [-0.1, -0.05) is 98.7 Å². The van der Waals surface area contributed by atoms with Gasteiger partial charge < -0.3 is 0 Å². The van der Waals surface area contributed by atoms with Gasteiger partial charge in [-0.05, 0) is 0 Å². The smallest absolute Gasteiger partial charge is 0.0784 e. The molecule has 0 aromatic heterocycles. The summed E-state index contributed by atoms with van der Waals surface area (Å²) in [4.78, 5) is 0. The summed E-state index contributed by atoms with van der Waals surface area (Å²) in [5, 5.41) is 4.52. The van der Waals surface area contributed by atoms with Crippen LogP contribution in [0.15, 0.2) is 60.7 Å². The van der Waals surface area contributed by atoms with Crippen molar-refractivity contribution in [1.29, 1.82) is 0 Å². The lowest BCUT2D eigenvalue weighted by Crippen LogP contribution is -2.53. The zero-order chi connectivity index (χ0) is 15.7. The van der Waals surface area contributed by atoms with Gasteiger partial charge in [0.2, 0.25) is 0 Å². The van der Waals surface area contributed by atoms with Crippen LogP contribution < -0.4 is 15.6 Å². The van der Waals surface area contributed by atoms with Crippen LogP contribution in [0, 0.1) is 27.7 Å². The predicted molar refractivity (Wildman–Crippen MR) is 98.5 cm³/mol. The molecule has 3 aromatic rings. The molecule has 0 atom stereocenters. The summed E-state index contributed by atoms with van der Waals surface area (Å²) in [6.07, 6.45) is 0. The van der Waals surface area contributed by atoms with E-state index >= 15 is 0 Å². The van der Waals surface area contributed by atoms with E-state index in [0.29, 0.717) is 0 Å². The average molecular weight is 302 g/mol. The van der Waals surface area contributed by atoms with E-state index in [4.69, 9.17) is 0 Å². The van der Waals surface area contributed by atoms with Crippen LogP contribution in [0.25, 0.3) is 0 Å². The van der Waals surface area contributed by atoms with Gasteiger partial charge in [0, 0.05) is 0 Å². The Hall–Kier alpha value is -1.99. The first-order chi connectivity index (χ1) is 10.6. The van der Waals surface area contributed by atoms with Crippen LogP contribution in [0.5, 0.6) is 0 Å². The van der Waals surface area contributed by atoms with Gasteiger partial charge in [0.1, 0.15) is 0 Å². The fourth-order valence-corrected chi connectivity index (χ4v) is 6.35. The molecular weight excluding hydrogens is 280 g/mol. The quantitative estimate of drug-likeness (QED) is 0.515. The minimum atomic E-state index is -0.939. The second kappa shape index (κ2) is 6.02. The summed E-state index contributed by atoms with van der Waals surface area (Å²) in [5.41, 5.74) is 5.89. The van der Waals surface area contributed by atoms with Crippen LogP contribution in [0.2, 0.25) is 0 Å². The molecule has 1 radical (unpaired) electrons. The van der Waals surface area contributed by atoms with E-state index in [1.807, 2.05) is 0 Å². The fraction of sp³-hybridized carbons (Fsp3) is 0.190. The lowest BCUT2D eigenvalue weighted by atomic mass is 10.2. The van der Waals surface area contributed by atoms with E-state index < -0.39 is 8.80 Å². The molecule has 0 nitrogen and oxygen atoms in total. The Balaban J connectivity index is 2.26. The molecule has 0 aliphatic carbocycles. The van der Waals surface area contributed by atoms with Crippen LogP contribution in [0.1, 0.15) is 22.3 Å². The maximum Gasteiger partial charge on any atom is 0.0784 e. The molecule has 0 spiro atoms. The van der Waals surface area contributed by atoms with Crippen LogP contribution in [0.3, 0.4) is 0 Å². The minimum Gasteiger partial charge on any atom is -0.197 e. The maximum atomic E-state index is 2.29. The third kappa shape index (κ3) is 2.46. The molecule has 0 heterocycles. The van der Waals surface area contributed by atoms with Gasteiger partial charge in [0.25, 0.3) is 0 Å². The van der Waals surface area contributed by atoms with Crippen LogP contribution in [-0.2, 0) is 0 Å². The SMILES string of the molecule is Cc1c([Si](c2ccccc2)c2ccccc2)c(C)[c-](C)c1C. The second-order valence-electron chi connectivity index (χ2n) is 5.98. The molecule has 0 unspecified atom stereocenters. The second-order valence-corrected chi connectivity index (χ2v) is 8.39. The largest absolute Gasteiger partial charge is 0.197 e. The zero-order valence-corrected chi connectivity index (χ0v) is 14.8. The van der Waals surface area contributed by atoms with Crippen molar-refractivity contribution in [3.05, 3.63) is 82.9 Å². The maximum absolute atomic E-state index is 2.29. The number of hydrogen-bond acceptors (Lipinski definition) is 0. The predicted octanol–water partition coefficient (Wildman–Crippen LogP) is 3.16. The molecule has 0 N–H and O–H groups in total. The number of benzene rings is 2. The van der Waals surface area contributed by atoms with Crippen molar-refractivity contribution >= 4 is 24.4 Å². The Kier molecular flexibility index (Phi) is 4.08. The van der Waals surface area contributed by atoms with Crippen LogP contribution >= 0.6 is 0 Å². The summed E-state index contributed by atoms with van der Waals surface area (Å²) in [6, 6.07) is 22.0. The molecular formula is C21H22Si-. The molecule has 1 heteroatoms. The molecule has 22 heavy (non-hydrogen) atoms. The van der Waals surface area contributed by atoms with E-state index in [2.05, 4.69) is 88.4 Å². The molecule has 3 aromatic carbocycles. The zero-order valence-electron chi connectivity index (χ0n) is 13.8. The Morgan fingerprint density at radius 3 is 1.50 bits per heavy atom. The molecule has 0 fully saturated rings. The highest BCUT2D eigenvalue weighted by Gasteiger charge is 2.18. The molecule has 0 aliphatic heterocycles. The molecule has 3 rings (SSSR count). The van der Waals surface area contributed by atoms with Gasteiger partial charge in [-0.2, -0.15) is 27.4 Å². The van der Waals surface area contributed by atoms with Crippen molar-refractivity contribution in [2.75, 3.05) is 0 Å². The number of rotatable bonds is 3. The summed E-state index contributed by atoms with van der Waals surface area (Å²) in [7, 11) is -0.939. The minimum absolute atomic E-state index is 0.939. The van der Waals surface area contributed by atoms with Crippen LogP contribution in [0.4, 0.5) is 0 Å². The van der Waals surface area contributed by atoms with E-state index in [1.165, 1.54) is 32.6 Å². The first-order valence-corrected chi connectivity index (χ1v) is 9.32. The normalized spacial score (nSPS) is 11.1. The van der Waals surface area contributed by atoms with Crippen molar-refractivity contribution < 1.29 is 0 Å². The molecule has 0 aliphatic rings. The topological polar surface area (TPSA) is 0 Å². The highest BCUT2D eigenvalue weighted by atomic mass is 28.3. The van der Waals surface area contributed by atoms with E-state index in [9.17, 15) is 0 Å². The third-order valence-corrected chi connectivity index (χ3v) is 7.88. The van der Waals surface area contributed by atoms with Gasteiger partial charge in [-0.25, -0.2) is 0 Å². The molecule has 0 saturated carbocycles. The Bertz CT molecular complexity index is 702. The fourth-order valence-electron chi connectivity index (χ4n) is 3.26. The van der Waals surface area contributed by atoms with Crippen molar-refractivity contribution in [3.63, 3.8) is 0 Å². The standard InChI is InChI=1S/C21H22Si/c1-15-16(2)18(4)21(17(15)3)22(19-11-7-5-8-12-19)20-13-9-6-10-14-20/h5-14H,1-4H3/q-1. The van der Waals surface area contributed by atoms with Gasteiger partial charge in [-0.15, -0.1) is 0 Å². The summed E-state index contributed by atoms with van der Waals surface area (Å²) >= 11 is 0. The molecule has 0 saturated heterocycles. The van der Waals surface area contributed by atoms with Crippen molar-refractivity contribution in [3.8, 4) is 0 Å². The van der Waals surface area contributed by atoms with Crippen LogP contribution in [-0.4, -0.2) is 8.80 Å². The molecule has 0 bridgehead atoms. The lowest BCUT2D eigenvalue weighted by molar-refractivity contribution is 1.32. The van der Waals surface area contributed by atoms with E-state index in [1.54, 1.807) is 5.19 Å². The van der Waals surface area contributed by atoms with Crippen molar-refractivity contribution in [2.24, 2.45) is 0 Å². The van der Waals surface area contributed by atoms with E-state index in [0.717, 1.165) is 0 Å². The molecule has 0 amide bonds. The first-order valence-electron chi connectivity index (χ1n) is 7.82. The first kappa shape index (κ1) is 14.9. The monoisotopic (exact) mass is 302 g/mol. The number of hydrogen-bond donors (Lipinski definition) is 0. The molecule has 111 valence electrons. The summed E-state index contributed by atoms with van der Waals surface area (Å²) in [5.74, 6) is 0. The highest BCUT2D eigenvalue weighted by Crippen LogP contribution is 2.18. The van der Waals surface area contributed by atoms with Gasteiger partial charge in [0.05, 0.1) is 8.80 Å². The average Bonchev–Trinajstić information content (AvgIpc) is 2.75. The summed E-state index contributed by atoms with van der Waals surface area (Å²) in [6.45, 7) is 9.11. The van der Waals surface area contributed by atoms with E-state index in [-0.39, 0.29) is 0 Å². The Morgan fingerprint density at radius 1 is 0.682 bits per heavy atom. The Labute approximate surface area is 135 Å². The van der Waals surface area contributed by atoms with Crippen molar-refractivity contribution in [1.82, 2.24) is 0 Å². The van der Waals surface area contributed by atoms with Gasteiger partial charge >= 0.3 is 0 Å². The van der Waals surface area contributed by atoms with Gasteiger partial charge in [-0.3, -0.25) is 0 Å².